The molecule has 1 aromatic rings. The van der Waals surface area contributed by atoms with Gasteiger partial charge in [-0.05, 0) is 32.9 Å². The van der Waals surface area contributed by atoms with Gasteiger partial charge in [-0.1, -0.05) is 17.2 Å². The van der Waals surface area contributed by atoms with Crippen LogP contribution < -0.4 is 0 Å². The highest BCUT2D eigenvalue weighted by atomic mass is 17.2. The number of aryl methyl sites for hydroxylation is 2. The van der Waals surface area contributed by atoms with Crippen LogP contribution in [0.2, 0.25) is 0 Å². The molecule has 0 unspecified atom stereocenters. The van der Waals surface area contributed by atoms with E-state index in [4.69, 9.17) is 0 Å². The van der Waals surface area contributed by atoms with Crippen molar-refractivity contribution in [3.05, 3.63) is 34.9 Å². The lowest BCUT2D eigenvalue weighted by Crippen LogP contribution is -2.06. The molecule has 0 heterocycles. The first-order valence-corrected chi connectivity index (χ1v) is 4.55. The maximum atomic E-state index is 11.4. The maximum absolute atomic E-state index is 11.4. The van der Waals surface area contributed by atoms with Gasteiger partial charge >= 0.3 is 5.97 Å². The number of benzene rings is 1. The normalized spacial score (nSPS) is 9.93. The van der Waals surface area contributed by atoms with Crippen LogP contribution in [0.5, 0.6) is 0 Å². The molecule has 0 aliphatic heterocycles. The molecule has 0 saturated heterocycles. The van der Waals surface area contributed by atoms with Crippen LogP contribution in [0.4, 0.5) is 0 Å². The van der Waals surface area contributed by atoms with E-state index in [2.05, 4.69) is 9.78 Å². The van der Waals surface area contributed by atoms with Crippen molar-refractivity contribution in [1.82, 2.24) is 0 Å². The lowest BCUT2D eigenvalue weighted by Gasteiger charge is -2.03. The Hall–Kier alpha value is -1.35. The van der Waals surface area contributed by atoms with Crippen molar-refractivity contribution in [1.29, 1.82) is 0 Å². The molecule has 0 atom stereocenters. The van der Waals surface area contributed by atoms with E-state index in [0.29, 0.717) is 12.2 Å². The molecule has 0 radical (unpaired) electrons. The average molecular weight is 194 g/mol. The molecule has 0 N–H and O–H groups in total. The molecular weight excluding hydrogens is 180 g/mol. The lowest BCUT2D eigenvalue weighted by molar-refractivity contribution is -0.236. The zero-order valence-corrected chi connectivity index (χ0v) is 8.66. The highest BCUT2D eigenvalue weighted by molar-refractivity contribution is 5.89. The average Bonchev–Trinajstić information content (AvgIpc) is 2.12. The van der Waals surface area contributed by atoms with E-state index in [1.165, 1.54) is 0 Å². The Labute approximate surface area is 83.6 Å². The Kier molecular flexibility index (Phi) is 3.65. The summed E-state index contributed by atoms with van der Waals surface area (Å²) in [5, 5.41) is 0. The highest BCUT2D eigenvalue weighted by Gasteiger charge is 2.08. The Morgan fingerprint density at radius 2 is 1.79 bits per heavy atom. The van der Waals surface area contributed by atoms with Crippen molar-refractivity contribution >= 4 is 5.97 Å². The van der Waals surface area contributed by atoms with Gasteiger partial charge in [0.25, 0.3) is 0 Å². The first-order chi connectivity index (χ1) is 6.63. The Bertz CT molecular complexity index is 311. The lowest BCUT2D eigenvalue weighted by atomic mass is 10.1. The molecule has 76 valence electrons. The third-order valence-corrected chi connectivity index (χ3v) is 1.71. The monoisotopic (exact) mass is 194 g/mol. The highest BCUT2D eigenvalue weighted by Crippen LogP contribution is 2.10. The van der Waals surface area contributed by atoms with E-state index in [1.807, 2.05) is 19.9 Å². The smallest absolute Gasteiger partial charge is 0.293 e. The number of rotatable bonds is 3. The van der Waals surface area contributed by atoms with Crippen molar-refractivity contribution in [2.45, 2.75) is 20.8 Å². The molecule has 0 bridgehead atoms. The van der Waals surface area contributed by atoms with Crippen LogP contribution >= 0.6 is 0 Å². The fourth-order valence-electron chi connectivity index (χ4n) is 1.25. The standard InChI is InChI=1S/C11H14O3/c1-4-13-14-11(12)10-6-8(2)5-9(3)7-10/h5-7H,4H2,1-3H3. The number of hydrogen-bond donors (Lipinski definition) is 0. The van der Waals surface area contributed by atoms with Gasteiger partial charge in [-0.2, -0.15) is 4.89 Å². The van der Waals surface area contributed by atoms with Crippen molar-refractivity contribution in [2.75, 3.05) is 6.61 Å². The third-order valence-electron chi connectivity index (χ3n) is 1.71. The molecule has 0 aromatic heterocycles. The van der Waals surface area contributed by atoms with E-state index in [-0.39, 0.29) is 0 Å². The van der Waals surface area contributed by atoms with Gasteiger partial charge in [-0.15, -0.1) is 0 Å². The second kappa shape index (κ2) is 4.77. The van der Waals surface area contributed by atoms with E-state index in [1.54, 1.807) is 19.1 Å². The van der Waals surface area contributed by atoms with Crippen molar-refractivity contribution in [2.24, 2.45) is 0 Å². The Morgan fingerprint density at radius 3 is 2.29 bits per heavy atom. The van der Waals surface area contributed by atoms with Crippen LogP contribution in [0.3, 0.4) is 0 Å². The summed E-state index contributed by atoms with van der Waals surface area (Å²) in [5.74, 6) is -0.446. The van der Waals surface area contributed by atoms with E-state index >= 15 is 0 Å². The summed E-state index contributed by atoms with van der Waals surface area (Å²) in [6, 6.07) is 5.54. The summed E-state index contributed by atoms with van der Waals surface area (Å²) >= 11 is 0. The predicted molar refractivity (Wildman–Crippen MR) is 53.0 cm³/mol. The van der Waals surface area contributed by atoms with Crippen LogP contribution in [0, 0.1) is 13.8 Å². The summed E-state index contributed by atoms with van der Waals surface area (Å²) in [6.45, 7) is 5.99. The maximum Gasteiger partial charge on any atom is 0.373 e. The molecule has 0 amide bonds. The third kappa shape index (κ3) is 2.85. The van der Waals surface area contributed by atoms with Gasteiger partial charge in [0.2, 0.25) is 0 Å². The van der Waals surface area contributed by atoms with Crippen molar-refractivity contribution in [3.8, 4) is 0 Å². The Balaban J connectivity index is 2.79. The second-order valence-electron chi connectivity index (χ2n) is 3.15. The molecule has 0 saturated carbocycles. The van der Waals surface area contributed by atoms with Gasteiger partial charge < -0.3 is 0 Å². The minimum Gasteiger partial charge on any atom is -0.293 e. The molecule has 1 rings (SSSR count). The fraction of sp³-hybridized carbons (Fsp3) is 0.364. The zero-order chi connectivity index (χ0) is 10.6. The largest absolute Gasteiger partial charge is 0.373 e. The molecule has 0 aliphatic rings. The molecule has 3 nitrogen and oxygen atoms in total. The molecule has 0 spiro atoms. The minimum atomic E-state index is -0.446. The van der Waals surface area contributed by atoms with Gasteiger partial charge in [-0.3, -0.25) is 4.89 Å². The van der Waals surface area contributed by atoms with Crippen LogP contribution in [0.1, 0.15) is 28.4 Å². The summed E-state index contributed by atoms with van der Waals surface area (Å²) in [5.41, 5.74) is 2.60. The zero-order valence-electron chi connectivity index (χ0n) is 8.66. The van der Waals surface area contributed by atoms with Crippen LogP contribution in [0.15, 0.2) is 18.2 Å². The first-order valence-electron chi connectivity index (χ1n) is 4.55. The van der Waals surface area contributed by atoms with Crippen LogP contribution in [-0.2, 0) is 9.78 Å². The molecule has 3 heteroatoms. The quantitative estimate of drug-likeness (QED) is 0.547. The summed E-state index contributed by atoms with van der Waals surface area (Å²) in [4.78, 5) is 20.5. The topological polar surface area (TPSA) is 35.5 Å². The van der Waals surface area contributed by atoms with Gasteiger partial charge in [0.05, 0.1) is 12.2 Å². The summed E-state index contributed by atoms with van der Waals surface area (Å²) in [6.07, 6.45) is 0. The van der Waals surface area contributed by atoms with Crippen LogP contribution in [-0.4, -0.2) is 12.6 Å². The number of carbonyl (C=O) groups is 1. The van der Waals surface area contributed by atoms with Crippen molar-refractivity contribution in [3.63, 3.8) is 0 Å². The van der Waals surface area contributed by atoms with Crippen LogP contribution in [0.25, 0.3) is 0 Å². The van der Waals surface area contributed by atoms with E-state index in [9.17, 15) is 4.79 Å². The summed E-state index contributed by atoms with van der Waals surface area (Å²) < 4.78 is 0. The van der Waals surface area contributed by atoms with Crippen molar-refractivity contribution < 1.29 is 14.6 Å². The van der Waals surface area contributed by atoms with E-state index in [0.717, 1.165) is 11.1 Å². The van der Waals surface area contributed by atoms with Gasteiger partial charge in [0, 0.05) is 0 Å². The summed E-state index contributed by atoms with van der Waals surface area (Å²) in [7, 11) is 0. The molecule has 0 fully saturated rings. The number of carbonyl (C=O) groups excluding carboxylic acids is 1. The Morgan fingerprint density at radius 1 is 1.21 bits per heavy atom. The predicted octanol–water partition coefficient (Wildman–Crippen LogP) is 2.41. The molecule has 1 aromatic carbocycles. The molecule has 14 heavy (non-hydrogen) atoms. The first kappa shape index (κ1) is 10.7. The SMILES string of the molecule is CCOOC(=O)c1cc(C)cc(C)c1. The molecule has 0 aliphatic carbocycles. The van der Waals surface area contributed by atoms with E-state index < -0.39 is 5.97 Å². The fourth-order valence-corrected chi connectivity index (χ4v) is 1.25. The second-order valence-corrected chi connectivity index (χ2v) is 3.15. The van der Waals surface area contributed by atoms with Gasteiger partial charge in [0.1, 0.15) is 0 Å². The molecular formula is C11H14O3. The van der Waals surface area contributed by atoms with Gasteiger partial charge in [-0.25, -0.2) is 4.79 Å². The number of hydrogen-bond acceptors (Lipinski definition) is 3. The van der Waals surface area contributed by atoms with Gasteiger partial charge in [0.15, 0.2) is 0 Å². The minimum absolute atomic E-state index is 0.358.